The van der Waals surface area contributed by atoms with Gasteiger partial charge in [0.05, 0.1) is 19.8 Å². The summed E-state index contributed by atoms with van der Waals surface area (Å²) in [6.07, 6.45) is 0.601. The Balaban J connectivity index is 2.04. The van der Waals surface area contributed by atoms with Gasteiger partial charge >= 0.3 is 11.9 Å². The van der Waals surface area contributed by atoms with Crippen LogP contribution in [0.25, 0.3) is 0 Å². The molecule has 0 bridgehead atoms. The van der Waals surface area contributed by atoms with Crippen molar-refractivity contribution in [3.05, 3.63) is 47.2 Å². The molecule has 0 aliphatic rings. The van der Waals surface area contributed by atoms with Gasteiger partial charge in [-0.25, -0.2) is 9.59 Å². The number of esters is 2. The van der Waals surface area contributed by atoms with Crippen molar-refractivity contribution in [1.82, 2.24) is 0 Å². The molecular formula is C21H25NO7. The van der Waals surface area contributed by atoms with Gasteiger partial charge < -0.3 is 18.6 Å². The van der Waals surface area contributed by atoms with Crippen LogP contribution in [0.15, 0.2) is 34.7 Å². The van der Waals surface area contributed by atoms with Gasteiger partial charge in [-0.2, -0.15) is 0 Å². The lowest BCUT2D eigenvalue weighted by Gasteiger charge is -2.08. The van der Waals surface area contributed by atoms with Crippen LogP contribution >= 0.6 is 0 Å². The molecular weight excluding hydrogens is 378 g/mol. The number of carbonyl (C=O) groups is 3. The predicted molar refractivity (Wildman–Crippen MR) is 105 cm³/mol. The van der Waals surface area contributed by atoms with Gasteiger partial charge in [0, 0.05) is 6.42 Å². The Labute approximate surface area is 169 Å². The number of ether oxygens (including phenoxy) is 3. The molecule has 29 heavy (non-hydrogen) atoms. The van der Waals surface area contributed by atoms with Crippen LogP contribution in [0.5, 0.6) is 5.75 Å². The number of para-hydroxylation sites is 1. The number of benzene rings is 1. The fourth-order valence-electron chi connectivity index (χ4n) is 2.61. The summed E-state index contributed by atoms with van der Waals surface area (Å²) in [5.74, 6) is -1.11. The number of aryl methyl sites for hydroxylation is 1. The third-order valence-corrected chi connectivity index (χ3v) is 3.86. The van der Waals surface area contributed by atoms with E-state index in [-0.39, 0.29) is 48.3 Å². The van der Waals surface area contributed by atoms with Gasteiger partial charge in [0.1, 0.15) is 22.6 Å². The second-order valence-corrected chi connectivity index (χ2v) is 5.99. The van der Waals surface area contributed by atoms with Crippen molar-refractivity contribution in [2.45, 2.75) is 33.6 Å². The monoisotopic (exact) mass is 403 g/mol. The summed E-state index contributed by atoms with van der Waals surface area (Å²) < 4.78 is 21.0. The van der Waals surface area contributed by atoms with Gasteiger partial charge in [0.25, 0.3) is 0 Å². The lowest BCUT2D eigenvalue weighted by molar-refractivity contribution is -0.116. The average Bonchev–Trinajstić information content (AvgIpc) is 3.02. The van der Waals surface area contributed by atoms with Gasteiger partial charge in [-0.1, -0.05) is 18.2 Å². The number of carbonyl (C=O) groups excluding carboxylic acids is 3. The molecule has 0 aliphatic heterocycles. The van der Waals surface area contributed by atoms with Crippen LogP contribution in [0, 0.1) is 6.92 Å². The highest BCUT2D eigenvalue weighted by molar-refractivity contribution is 6.09. The van der Waals surface area contributed by atoms with Crippen molar-refractivity contribution in [1.29, 1.82) is 0 Å². The van der Waals surface area contributed by atoms with Gasteiger partial charge in [0.15, 0.2) is 0 Å². The predicted octanol–water partition coefficient (Wildman–Crippen LogP) is 3.74. The first-order chi connectivity index (χ1) is 14.0. The van der Waals surface area contributed by atoms with Gasteiger partial charge in [0.2, 0.25) is 11.8 Å². The molecule has 1 aromatic carbocycles. The normalized spacial score (nSPS) is 10.3. The van der Waals surface area contributed by atoms with E-state index in [1.807, 2.05) is 30.3 Å². The van der Waals surface area contributed by atoms with E-state index in [4.69, 9.17) is 18.6 Å². The third-order valence-electron chi connectivity index (χ3n) is 3.86. The fourth-order valence-corrected chi connectivity index (χ4v) is 2.61. The van der Waals surface area contributed by atoms with Gasteiger partial charge in [-0.15, -0.1) is 0 Å². The Morgan fingerprint density at radius 1 is 0.966 bits per heavy atom. The molecule has 1 amide bonds. The van der Waals surface area contributed by atoms with E-state index in [1.165, 1.54) is 6.92 Å². The highest BCUT2D eigenvalue weighted by Crippen LogP contribution is 2.29. The van der Waals surface area contributed by atoms with Gasteiger partial charge in [-0.3, -0.25) is 10.1 Å². The molecule has 0 spiro atoms. The molecule has 1 aromatic heterocycles. The third kappa shape index (κ3) is 6.10. The van der Waals surface area contributed by atoms with Crippen molar-refractivity contribution in [3.8, 4) is 5.75 Å². The van der Waals surface area contributed by atoms with Crippen molar-refractivity contribution in [2.75, 3.05) is 25.1 Å². The van der Waals surface area contributed by atoms with E-state index in [0.717, 1.165) is 5.75 Å². The molecule has 8 heteroatoms. The molecule has 0 saturated carbocycles. The summed E-state index contributed by atoms with van der Waals surface area (Å²) in [4.78, 5) is 36.8. The SMILES string of the molecule is CCOC(=O)c1c(C)oc(NC(=O)CCCOc2ccccc2)c1C(=O)OCC. The minimum Gasteiger partial charge on any atom is -0.494 e. The summed E-state index contributed by atoms with van der Waals surface area (Å²) in [5.41, 5.74) is -0.190. The molecule has 8 nitrogen and oxygen atoms in total. The van der Waals surface area contributed by atoms with Crippen LogP contribution in [0.4, 0.5) is 5.88 Å². The molecule has 156 valence electrons. The largest absolute Gasteiger partial charge is 0.494 e. The number of nitrogens with one attached hydrogen (secondary N) is 1. The number of hydrogen-bond acceptors (Lipinski definition) is 7. The summed E-state index contributed by atoms with van der Waals surface area (Å²) in [6, 6.07) is 9.26. The van der Waals surface area contributed by atoms with E-state index in [1.54, 1.807) is 13.8 Å². The highest BCUT2D eigenvalue weighted by atomic mass is 16.5. The minimum atomic E-state index is -0.768. The quantitative estimate of drug-likeness (QED) is 0.476. The highest BCUT2D eigenvalue weighted by Gasteiger charge is 2.31. The number of furan rings is 1. The molecule has 1 N–H and O–H groups in total. The minimum absolute atomic E-state index is 0.0481. The van der Waals surface area contributed by atoms with Crippen molar-refractivity contribution in [2.24, 2.45) is 0 Å². The Kier molecular flexibility index (Phi) is 8.27. The molecule has 0 unspecified atom stereocenters. The van der Waals surface area contributed by atoms with Crippen LogP contribution in [0.2, 0.25) is 0 Å². The zero-order chi connectivity index (χ0) is 21.2. The summed E-state index contributed by atoms with van der Waals surface area (Å²) >= 11 is 0. The Morgan fingerprint density at radius 3 is 2.21 bits per heavy atom. The number of anilines is 1. The van der Waals surface area contributed by atoms with Crippen molar-refractivity contribution < 1.29 is 33.0 Å². The summed E-state index contributed by atoms with van der Waals surface area (Å²) in [6.45, 7) is 5.40. The average molecular weight is 403 g/mol. The first-order valence-corrected chi connectivity index (χ1v) is 9.43. The van der Waals surface area contributed by atoms with E-state index in [2.05, 4.69) is 5.32 Å². The zero-order valence-corrected chi connectivity index (χ0v) is 16.8. The zero-order valence-electron chi connectivity index (χ0n) is 16.8. The Morgan fingerprint density at radius 2 is 1.59 bits per heavy atom. The van der Waals surface area contributed by atoms with Crippen LogP contribution in [0.3, 0.4) is 0 Å². The number of amides is 1. The van der Waals surface area contributed by atoms with E-state index >= 15 is 0 Å². The number of hydrogen-bond donors (Lipinski definition) is 1. The first kappa shape index (κ1) is 22.0. The molecule has 1 heterocycles. The van der Waals surface area contributed by atoms with E-state index < -0.39 is 11.9 Å². The maximum absolute atomic E-state index is 12.3. The van der Waals surface area contributed by atoms with Crippen molar-refractivity contribution in [3.63, 3.8) is 0 Å². The standard InChI is InChI=1S/C21H25NO7/c1-4-26-20(24)17-14(3)29-19(18(17)21(25)27-5-2)22-16(23)12-9-13-28-15-10-7-6-8-11-15/h6-8,10-11H,4-5,9,12-13H2,1-3H3,(H,22,23). The molecule has 0 aliphatic carbocycles. The summed E-state index contributed by atoms with van der Waals surface area (Å²) in [5, 5.41) is 2.54. The lowest BCUT2D eigenvalue weighted by atomic mass is 10.1. The van der Waals surface area contributed by atoms with Crippen LogP contribution in [0.1, 0.15) is 53.2 Å². The summed E-state index contributed by atoms with van der Waals surface area (Å²) in [7, 11) is 0. The van der Waals surface area contributed by atoms with Crippen LogP contribution in [-0.4, -0.2) is 37.7 Å². The molecule has 2 aromatic rings. The molecule has 0 saturated heterocycles. The van der Waals surface area contributed by atoms with Crippen molar-refractivity contribution >= 4 is 23.7 Å². The Hall–Kier alpha value is -3.29. The van der Waals surface area contributed by atoms with Crippen LogP contribution < -0.4 is 10.1 Å². The topological polar surface area (TPSA) is 104 Å². The molecule has 2 rings (SSSR count). The lowest BCUT2D eigenvalue weighted by Crippen LogP contribution is -2.17. The maximum atomic E-state index is 12.3. The molecule has 0 fully saturated rings. The van der Waals surface area contributed by atoms with E-state index in [9.17, 15) is 14.4 Å². The second-order valence-electron chi connectivity index (χ2n) is 5.99. The van der Waals surface area contributed by atoms with Crippen LogP contribution in [-0.2, 0) is 14.3 Å². The van der Waals surface area contributed by atoms with Gasteiger partial charge in [-0.05, 0) is 39.3 Å². The second kappa shape index (κ2) is 10.9. The molecule has 0 radical (unpaired) electrons. The number of rotatable bonds is 10. The van der Waals surface area contributed by atoms with E-state index in [0.29, 0.717) is 13.0 Å². The Bertz CT molecular complexity index is 842. The first-order valence-electron chi connectivity index (χ1n) is 9.43. The smallest absolute Gasteiger partial charge is 0.344 e. The molecule has 0 atom stereocenters. The maximum Gasteiger partial charge on any atom is 0.344 e. The fraction of sp³-hybridized carbons (Fsp3) is 0.381.